The fraction of sp³-hybridized carbons (Fsp3) is 0.231. The van der Waals surface area contributed by atoms with Crippen LogP contribution < -0.4 is 10.6 Å². The molecule has 3 N–H and O–H groups in total. The first-order valence-electron chi connectivity index (χ1n) is 6.03. The van der Waals surface area contributed by atoms with Crippen LogP contribution in [0.5, 0.6) is 0 Å². The summed E-state index contributed by atoms with van der Waals surface area (Å²) >= 11 is 0. The number of anilines is 1. The van der Waals surface area contributed by atoms with Crippen molar-refractivity contribution >= 4 is 11.7 Å². The summed E-state index contributed by atoms with van der Waals surface area (Å²) in [7, 11) is 0. The van der Waals surface area contributed by atoms with Crippen molar-refractivity contribution in [2.24, 2.45) is 0 Å². The molecule has 0 spiro atoms. The van der Waals surface area contributed by atoms with Gasteiger partial charge in [0.25, 0.3) is 0 Å². The van der Waals surface area contributed by atoms with Gasteiger partial charge in [0.2, 0.25) is 0 Å². The molecule has 2 amide bonds. The van der Waals surface area contributed by atoms with Crippen molar-refractivity contribution in [2.75, 3.05) is 11.9 Å². The van der Waals surface area contributed by atoms with E-state index in [1.807, 2.05) is 0 Å². The molecule has 1 aromatic carbocycles. The highest BCUT2D eigenvalue weighted by Gasteiger charge is 2.05. The van der Waals surface area contributed by atoms with Crippen molar-refractivity contribution in [1.82, 2.24) is 15.3 Å². The summed E-state index contributed by atoms with van der Waals surface area (Å²) in [5, 5.41) is 5.12. The van der Waals surface area contributed by atoms with E-state index < -0.39 is 11.8 Å². The molecular weight excluding hydrogens is 247 g/mol. The number of nitrogens with one attached hydrogen (secondary N) is 3. The lowest BCUT2D eigenvalue weighted by Crippen LogP contribution is -2.30. The number of nitrogens with zero attached hydrogens (tertiary/aromatic N) is 1. The number of rotatable bonds is 5. The number of urea groups is 1. The fourth-order valence-electron chi connectivity index (χ4n) is 1.62. The molecule has 0 aliphatic heterocycles. The number of benzene rings is 1. The summed E-state index contributed by atoms with van der Waals surface area (Å²) in [5.74, 6) is 0.435. The van der Waals surface area contributed by atoms with Crippen molar-refractivity contribution in [3.05, 3.63) is 48.3 Å². The molecule has 1 aromatic heterocycles. The molecule has 0 saturated heterocycles. The number of aromatic nitrogens is 2. The number of hydrogen-bond acceptors (Lipinski definition) is 2. The van der Waals surface area contributed by atoms with Crippen LogP contribution in [-0.4, -0.2) is 22.5 Å². The number of carbonyl (C=O) groups is 1. The average Bonchev–Trinajstić information content (AvgIpc) is 2.91. The van der Waals surface area contributed by atoms with Crippen molar-refractivity contribution in [3.63, 3.8) is 0 Å². The molecule has 0 fully saturated rings. The fourth-order valence-corrected chi connectivity index (χ4v) is 1.62. The normalized spacial score (nSPS) is 10.2. The van der Waals surface area contributed by atoms with E-state index in [1.165, 1.54) is 12.1 Å². The molecule has 0 radical (unpaired) electrons. The Morgan fingerprint density at radius 2 is 2.21 bits per heavy atom. The van der Waals surface area contributed by atoms with E-state index in [1.54, 1.807) is 24.5 Å². The van der Waals surface area contributed by atoms with Crippen LogP contribution in [-0.2, 0) is 6.42 Å². The molecule has 19 heavy (non-hydrogen) atoms. The highest BCUT2D eigenvalue weighted by atomic mass is 19.1. The molecular formula is C13H15FN4O. The van der Waals surface area contributed by atoms with E-state index >= 15 is 0 Å². The number of para-hydroxylation sites is 1. The molecule has 6 heteroatoms. The first kappa shape index (κ1) is 13.1. The minimum atomic E-state index is -0.451. The second-order valence-electron chi connectivity index (χ2n) is 4.00. The van der Waals surface area contributed by atoms with E-state index in [-0.39, 0.29) is 5.69 Å². The van der Waals surface area contributed by atoms with Gasteiger partial charge in [-0.15, -0.1) is 0 Å². The van der Waals surface area contributed by atoms with Crippen molar-refractivity contribution in [3.8, 4) is 0 Å². The van der Waals surface area contributed by atoms with Gasteiger partial charge in [0.05, 0.1) is 5.69 Å². The molecule has 0 aliphatic rings. The minimum Gasteiger partial charge on any atom is -0.349 e. The van der Waals surface area contributed by atoms with Crippen LogP contribution in [0.1, 0.15) is 12.2 Å². The van der Waals surface area contributed by atoms with Gasteiger partial charge in [-0.1, -0.05) is 12.1 Å². The number of hydrogen-bond donors (Lipinski definition) is 3. The van der Waals surface area contributed by atoms with Gasteiger partial charge in [0.15, 0.2) is 0 Å². The Morgan fingerprint density at radius 1 is 1.37 bits per heavy atom. The number of imidazole rings is 1. The molecule has 100 valence electrons. The third kappa shape index (κ3) is 4.09. The van der Waals surface area contributed by atoms with E-state index in [0.717, 1.165) is 18.7 Å². The minimum absolute atomic E-state index is 0.172. The van der Waals surface area contributed by atoms with Crippen molar-refractivity contribution < 1.29 is 9.18 Å². The van der Waals surface area contributed by atoms with Gasteiger partial charge < -0.3 is 15.6 Å². The molecule has 2 rings (SSSR count). The quantitative estimate of drug-likeness (QED) is 0.724. The Labute approximate surface area is 110 Å². The predicted molar refractivity (Wildman–Crippen MR) is 70.3 cm³/mol. The van der Waals surface area contributed by atoms with Crippen LogP contribution in [0, 0.1) is 5.82 Å². The largest absolute Gasteiger partial charge is 0.349 e. The molecule has 0 aliphatic carbocycles. The third-order valence-electron chi connectivity index (χ3n) is 2.55. The van der Waals surface area contributed by atoms with Gasteiger partial charge in [-0.25, -0.2) is 14.2 Å². The lowest BCUT2D eigenvalue weighted by Gasteiger charge is -2.07. The Balaban J connectivity index is 1.69. The Morgan fingerprint density at radius 3 is 2.95 bits per heavy atom. The first-order valence-corrected chi connectivity index (χ1v) is 6.03. The van der Waals surface area contributed by atoms with E-state index in [9.17, 15) is 9.18 Å². The zero-order valence-electron chi connectivity index (χ0n) is 10.3. The summed E-state index contributed by atoms with van der Waals surface area (Å²) in [5.41, 5.74) is 0.172. The Bertz CT molecular complexity index is 527. The highest BCUT2D eigenvalue weighted by molar-refractivity contribution is 5.89. The average molecular weight is 262 g/mol. The van der Waals surface area contributed by atoms with Crippen molar-refractivity contribution in [1.29, 1.82) is 0 Å². The van der Waals surface area contributed by atoms with Crippen LogP contribution in [0.15, 0.2) is 36.7 Å². The van der Waals surface area contributed by atoms with Gasteiger partial charge >= 0.3 is 6.03 Å². The summed E-state index contributed by atoms with van der Waals surface area (Å²) in [6.45, 7) is 0.501. The maximum atomic E-state index is 13.3. The van der Waals surface area contributed by atoms with Crippen LogP contribution in [0.4, 0.5) is 14.9 Å². The smallest absolute Gasteiger partial charge is 0.319 e. The zero-order chi connectivity index (χ0) is 13.5. The third-order valence-corrected chi connectivity index (χ3v) is 2.55. The number of H-pyrrole nitrogens is 1. The van der Waals surface area contributed by atoms with E-state index in [4.69, 9.17) is 0 Å². The standard InChI is InChI=1S/C13H15FN4O/c14-10-4-1-2-5-11(10)18-13(19)17-7-3-6-12-15-8-9-16-12/h1-2,4-5,8-9H,3,6-7H2,(H,15,16)(H2,17,18,19). The predicted octanol–water partition coefficient (Wildman–Crippen LogP) is 2.30. The summed E-state index contributed by atoms with van der Waals surface area (Å²) in [6.07, 6.45) is 4.96. The topological polar surface area (TPSA) is 69.8 Å². The van der Waals surface area contributed by atoms with Crippen LogP contribution in [0.25, 0.3) is 0 Å². The molecule has 2 aromatic rings. The van der Waals surface area contributed by atoms with Crippen LogP contribution in [0.2, 0.25) is 0 Å². The molecule has 0 unspecified atom stereocenters. The Hall–Kier alpha value is -2.37. The molecule has 1 heterocycles. The first-order chi connectivity index (χ1) is 9.25. The second-order valence-corrected chi connectivity index (χ2v) is 4.00. The lowest BCUT2D eigenvalue weighted by molar-refractivity contribution is 0.252. The van der Waals surface area contributed by atoms with Crippen LogP contribution in [0.3, 0.4) is 0 Å². The second kappa shape index (κ2) is 6.53. The maximum absolute atomic E-state index is 13.3. The number of amides is 2. The molecule has 5 nitrogen and oxygen atoms in total. The van der Waals surface area contributed by atoms with Gasteiger partial charge in [0, 0.05) is 25.4 Å². The Kier molecular flexibility index (Phi) is 4.49. The van der Waals surface area contributed by atoms with Gasteiger partial charge in [-0.05, 0) is 18.6 Å². The summed E-state index contributed by atoms with van der Waals surface area (Å²) < 4.78 is 13.3. The number of carbonyl (C=O) groups excluding carboxylic acids is 1. The molecule has 0 saturated carbocycles. The zero-order valence-corrected chi connectivity index (χ0v) is 10.3. The lowest BCUT2D eigenvalue weighted by atomic mass is 10.3. The van der Waals surface area contributed by atoms with Gasteiger partial charge in [0.1, 0.15) is 11.6 Å². The SMILES string of the molecule is O=C(NCCCc1ncc[nH]1)Nc1ccccc1F. The van der Waals surface area contributed by atoms with Crippen LogP contribution >= 0.6 is 0 Å². The van der Waals surface area contributed by atoms with E-state index in [0.29, 0.717) is 6.54 Å². The monoisotopic (exact) mass is 262 g/mol. The van der Waals surface area contributed by atoms with Gasteiger partial charge in [-0.2, -0.15) is 0 Å². The van der Waals surface area contributed by atoms with Gasteiger partial charge in [-0.3, -0.25) is 0 Å². The molecule has 0 bridgehead atoms. The molecule has 0 atom stereocenters. The van der Waals surface area contributed by atoms with E-state index in [2.05, 4.69) is 20.6 Å². The number of aromatic amines is 1. The highest BCUT2D eigenvalue weighted by Crippen LogP contribution is 2.11. The maximum Gasteiger partial charge on any atom is 0.319 e. The number of halogens is 1. The summed E-state index contributed by atoms with van der Waals surface area (Å²) in [4.78, 5) is 18.6. The summed E-state index contributed by atoms with van der Waals surface area (Å²) in [6, 6.07) is 5.63. The van der Waals surface area contributed by atoms with Crippen molar-refractivity contribution in [2.45, 2.75) is 12.8 Å². The number of aryl methyl sites for hydroxylation is 1.